The SMILES string of the molecule is Nc1c(C(=O)NCc2ccccc2)sc(=S)n1Cc1ccccc1. The summed E-state index contributed by atoms with van der Waals surface area (Å²) in [5, 5.41) is 2.89. The smallest absolute Gasteiger partial charge is 0.265 e. The number of nitrogens with two attached hydrogens (primary N) is 1. The third-order valence-corrected chi connectivity index (χ3v) is 5.08. The highest BCUT2D eigenvalue weighted by Gasteiger charge is 2.17. The van der Waals surface area contributed by atoms with Crippen molar-refractivity contribution in [3.63, 3.8) is 0 Å². The van der Waals surface area contributed by atoms with Crippen molar-refractivity contribution in [2.24, 2.45) is 0 Å². The number of nitrogens with one attached hydrogen (secondary N) is 1. The number of nitrogens with zero attached hydrogens (tertiary/aromatic N) is 1. The van der Waals surface area contributed by atoms with Crippen LogP contribution in [0.4, 0.5) is 5.82 Å². The molecule has 3 rings (SSSR count). The molecular weight excluding hydrogens is 338 g/mol. The van der Waals surface area contributed by atoms with Crippen molar-refractivity contribution >= 4 is 35.3 Å². The minimum atomic E-state index is -0.195. The molecule has 0 unspecified atom stereocenters. The van der Waals surface area contributed by atoms with Crippen molar-refractivity contribution in [1.29, 1.82) is 0 Å². The monoisotopic (exact) mass is 355 g/mol. The van der Waals surface area contributed by atoms with Gasteiger partial charge in [-0.25, -0.2) is 0 Å². The number of amides is 1. The van der Waals surface area contributed by atoms with Crippen molar-refractivity contribution in [2.75, 3.05) is 5.73 Å². The fourth-order valence-electron chi connectivity index (χ4n) is 2.35. The van der Waals surface area contributed by atoms with E-state index in [-0.39, 0.29) is 5.91 Å². The lowest BCUT2D eigenvalue weighted by atomic mass is 10.2. The van der Waals surface area contributed by atoms with E-state index in [2.05, 4.69) is 5.32 Å². The van der Waals surface area contributed by atoms with Crippen LogP contribution in [0.25, 0.3) is 0 Å². The second-order valence-electron chi connectivity index (χ2n) is 5.32. The number of rotatable bonds is 5. The number of carbonyl (C=O) groups is 1. The first-order valence-electron chi connectivity index (χ1n) is 7.50. The molecule has 0 fully saturated rings. The number of hydrogen-bond donors (Lipinski definition) is 2. The Hall–Kier alpha value is -2.44. The highest BCUT2D eigenvalue weighted by atomic mass is 32.1. The molecule has 0 aliphatic heterocycles. The quantitative estimate of drug-likeness (QED) is 0.684. The van der Waals surface area contributed by atoms with Crippen LogP contribution in [0.3, 0.4) is 0 Å². The lowest BCUT2D eigenvalue weighted by molar-refractivity contribution is 0.0955. The molecule has 0 bridgehead atoms. The van der Waals surface area contributed by atoms with E-state index in [9.17, 15) is 4.79 Å². The molecule has 4 nitrogen and oxygen atoms in total. The van der Waals surface area contributed by atoms with Gasteiger partial charge in [-0.15, -0.1) is 0 Å². The molecule has 3 aromatic rings. The third kappa shape index (κ3) is 3.72. The maximum atomic E-state index is 12.4. The van der Waals surface area contributed by atoms with Crippen molar-refractivity contribution < 1.29 is 4.79 Å². The predicted octanol–water partition coefficient (Wildman–Crippen LogP) is 3.84. The Morgan fingerprint density at radius 1 is 1.04 bits per heavy atom. The number of thiazole rings is 1. The summed E-state index contributed by atoms with van der Waals surface area (Å²) in [5.41, 5.74) is 8.30. The van der Waals surface area contributed by atoms with Gasteiger partial charge < -0.3 is 15.6 Å². The Morgan fingerprint density at radius 2 is 1.62 bits per heavy atom. The molecule has 0 saturated heterocycles. The summed E-state index contributed by atoms with van der Waals surface area (Å²) in [6, 6.07) is 19.7. The topological polar surface area (TPSA) is 60.1 Å². The van der Waals surface area contributed by atoms with E-state index < -0.39 is 0 Å². The molecule has 1 aromatic heterocycles. The van der Waals surface area contributed by atoms with Crippen LogP contribution in [0.5, 0.6) is 0 Å². The summed E-state index contributed by atoms with van der Waals surface area (Å²) in [7, 11) is 0. The van der Waals surface area contributed by atoms with Crippen LogP contribution in [-0.2, 0) is 13.1 Å². The summed E-state index contributed by atoms with van der Waals surface area (Å²) < 4.78 is 2.40. The summed E-state index contributed by atoms with van der Waals surface area (Å²) in [6.07, 6.45) is 0. The molecule has 0 spiro atoms. The fourth-order valence-corrected chi connectivity index (χ4v) is 3.59. The third-order valence-electron chi connectivity index (χ3n) is 3.62. The molecule has 24 heavy (non-hydrogen) atoms. The van der Waals surface area contributed by atoms with Gasteiger partial charge in [0.05, 0.1) is 6.54 Å². The Morgan fingerprint density at radius 3 is 2.25 bits per heavy atom. The van der Waals surface area contributed by atoms with Gasteiger partial charge in [0.2, 0.25) is 0 Å². The zero-order chi connectivity index (χ0) is 16.9. The Bertz CT molecular complexity index is 886. The van der Waals surface area contributed by atoms with E-state index in [1.54, 1.807) is 4.57 Å². The number of nitrogen functional groups attached to an aromatic ring is 1. The lowest BCUT2D eigenvalue weighted by Gasteiger charge is -2.07. The number of hydrogen-bond acceptors (Lipinski definition) is 4. The van der Waals surface area contributed by atoms with Crippen molar-refractivity contribution in [2.45, 2.75) is 13.1 Å². The van der Waals surface area contributed by atoms with Gasteiger partial charge in [0, 0.05) is 6.54 Å². The van der Waals surface area contributed by atoms with E-state index in [4.69, 9.17) is 18.0 Å². The van der Waals surface area contributed by atoms with Gasteiger partial charge in [-0.2, -0.15) is 0 Å². The van der Waals surface area contributed by atoms with Gasteiger partial charge >= 0.3 is 0 Å². The van der Waals surface area contributed by atoms with Crippen LogP contribution >= 0.6 is 23.6 Å². The maximum absolute atomic E-state index is 12.4. The highest BCUT2D eigenvalue weighted by molar-refractivity contribution is 7.73. The van der Waals surface area contributed by atoms with Gasteiger partial charge in [0.1, 0.15) is 10.7 Å². The zero-order valence-corrected chi connectivity index (χ0v) is 14.6. The molecule has 0 aliphatic rings. The molecule has 122 valence electrons. The molecule has 0 atom stereocenters. The van der Waals surface area contributed by atoms with Gasteiger partial charge in [-0.05, 0) is 23.3 Å². The second-order valence-corrected chi connectivity index (χ2v) is 6.97. The second kappa shape index (κ2) is 7.42. The van der Waals surface area contributed by atoms with Crippen LogP contribution in [0, 0.1) is 3.95 Å². The van der Waals surface area contributed by atoms with Gasteiger partial charge in [-0.1, -0.05) is 72.0 Å². The largest absolute Gasteiger partial charge is 0.384 e. The average Bonchev–Trinajstić information content (AvgIpc) is 2.90. The molecule has 0 radical (unpaired) electrons. The fraction of sp³-hybridized carbons (Fsp3) is 0.111. The molecule has 1 amide bonds. The molecule has 3 N–H and O–H groups in total. The average molecular weight is 355 g/mol. The van der Waals surface area contributed by atoms with Crippen LogP contribution in [0.1, 0.15) is 20.8 Å². The normalized spacial score (nSPS) is 10.5. The van der Waals surface area contributed by atoms with E-state index in [0.717, 1.165) is 11.1 Å². The molecule has 0 aliphatic carbocycles. The van der Waals surface area contributed by atoms with Crippen LogP contribution < -0.4 is 11.1 Å². The van der Waals surface area contributed by atoms with Crippen molar-refractivity contribution in [1.82, 2.24) is 9.88 Å². The Kier molecular flexibility index (Phi) is 5.08. The Balaban J connectivity index is 1.75. The first kappa shape index (κ1) is 16.4. The van der Waals surface area contributed by atoms with E-state index in [1.165, 1.54) is 11.3 Å². The molecule has 2 aromatic carbocycles. The minimum absolute atomic E-state index is 0.195. The first-order chi connectivity index (χ1) is 11.6. The maximum Gasteiger partial charge on any atom is 0.265 e. The van der Waals surface area contributed by atoms with Crippen LogP contribution in [0.15, 0.2) is 60.7 Å². The van der Waals surface area contributed by atoms with E-state index in [1.807, 2.05) is 60.7 Å². The number of anilines is 1. The van der Waals surface area contributed by atoms with Gasteiger partial charge in [0.25, 0.3) is 5.91 Å². The van der Waals surface area contributed by atoms with Gasteiger partial charge in [-0.3, -0.25) is 4.79 Å². The van der Waals surface area contributed by atoms with E-state index >= 15 is 0 Å². The Labute approximate surface area is 149 Å². The highest BCUT2D eigenvalue weighted by Crippen LogP contribution is 2.23. The van der Waals surface area contributed by atoms with Crippen LogP contribution in [0.2, 0.25) is 0 Å². The predicted molar refractivity (Wildman–Crippen MR) is 101 cm³/mol. The number of benzene rings is 2. The lowest BCUT2D eigenvalue weighted by Crippen LogP contribution is -2.23. The summed E-state index contributed by atoms with van der Waals surface area (Å²) in [4.78, 5) is 12.9. The number of carbonyl (C=O) groups excluding carboxylic acids is 1. The molecule has 6 heteroatoms. The molecule has 1 heterocycles. The van der Waals surface area contributed by atoms with Gasteiger partial charge in [0.15, 0.2) is 3.95 Å². The van der Waals surface area contributed by atoms with Crippen molar-refractivity contribution in [3.05, 3.63) is 80.6 Å². The molecular formula is C18H17N3OS2. The molecule has 0 saturated carbocycles. The number of aromatic nitrogens is 1. The van der Waals surface area contributed by atoms with E-state index in [0.29, 0.717) is 27.7 Å². The standard InChI is InChI=1S/C18H17N3OS2/c19-16-15(17(22)20-11-13-7-3-1-4-8-13)24-18(23)21(16)12-14-9-5-2-6-10-14/h1-10H,11-12,19H2,(H,20,22). The summed E-state index contributed by atoms with van der Waals surface area (Å²) in [6.45, 7) is 1.02. The summed E-state index contributed by atoms with van der Waals surface area (Å²) in [5.74, 6) is 0.221. The summed E-state index contributed by atoms with van der Waals surface area (Å²) >= 11 is 6.62. The van der Waals surface area contributed by atoms with Crippen LogP contribution in [-0.4, -0.2) is 10.5 Å². The zero-order valence-electron chi connectivity index (χ0n) is 12.9. The minimum Gasteiger partial charge on any atom is -0.384 e. The first-order valence-corrected chi connectivity index (χ1v) is 8.73. The van der Waals surface area contributed by atoms with Crippen molar-refractivity contribution in [3.8, 4) is 0 Å².